The molecule has 2 aromatic carbocycles. The van der Waals surface area contributed by atoms with Crippen molar-refractivity contribution in [1.82, 2.24) is 0 Å². The molecule has 0 radical (unpaired) electrons. The Kier molecular flexibility index (Phi) is 75.7. The molecule has 0 aromatic heterocycles. The topological polar surface area (TPSA) is 34.1 Å². The molecule has 10 heteroatoms. The maximum absolute atomic E-state index is 12.4. The van der Waals surface area contributed by atoms with E-state index in [1.807, 2.05) is 12.1 Å². The smallest absolute Gasteiger partial charge is 0.249 e. The summed E-state index contributed by atoms with van der Waals surface area (Å²) in [7, 11) is -0.861. The van der Waals surface area contributed by atoms with Gasteiger partial charge in [0.2, 0.25) is 11.8 Å². The monoisotopic (exact) mass is 878 g/mol. The normalized spacial score (nSPS) is 8.20. The second-order valence-electron chi connectivity index (χ2n) is 6.87. The van der Waals surface area contributed by atoms with Gasteiger partial charge in [-0.2, -0.15) is 6.92 Å². The van der Waals surface area contributed by atoms with Gasteiger partial charge >= 0.3 is 0 Å². The van der Waals surface area contributed by atoms with Crippen LogP contribution in [0.25, 0.3) is 0 Å². The van der Waals surface area contributed by atoms with Gasteiger partial charge in [0.05, 0.1) is 14.4 Å². The summed E-state index contributed by atoms with van der Waals surface area (Å²) >= 11 is 0. The predicted octanol–water partition coefficient (Wildman–Crippen LogP) is 12.1. The summed E-state index contributed by atoms with van der Waals surface area (Å²) in [6.45, 7) is 11.2. The summed E-state index contributed by atoms with van der Waals surface area (Å²) in [5.41, 5.74) is 1.36. The summed E-state index contributed by atoms with van der Waals surface area (Å²) in [4.78, 5) is 0. The van der Waals surface area contributed by atoms with E-state index in [1.54, 1.807) is 55.5 Å². The molecule has 0 bridgehead atoms. The summed E-state index contributed by atoms with van der Waals surface area (Å²) in [5.74, 6) is -5.19. The van der Waals surface area contributed by atoms with Gasteiger partial charge in [-0.05, 0) is 25.0 Å². The molecule has 0 fully saturated rings. The van der Waals surface area contributed by atoms with Crippen LogP contribution in [-0.4, -0.2) is 32.5 Å². The minimum atomic E-state index is -2.60. The number of unbranched alkanes of at least 4 members (excludes halogenated alkanes) is 1. The number of hydrogen-bond acceptors (Lipinski definition) is 3. The average Bonchev–Trinajstić information content (AvgIpc) is 2.82. The van der Waals surface area contributed by atoms with Crippen LogP contribution in [0.4, 0.5) is 26.3 Å². The van der Waals surface area contributed by atoms with Crippen LogP contribution in [-0.2, 0) is 32.0 Å². The molecular formula is C31H60F6O2RfS-2. The first-order valence-electron chi connectivity index (χ1n) is 11.1. The van der Waals surface area contributed by atoms with E-state index in [-0.39, 0.29) is 42.5 Å². The van der Waals surface area contributed by atoms with Crippen LogP contribution in [0.5, 0.6) is 0 Å². The zero-order valence-electron chi connectivity index (χ0n) is 23.5. The molecule has 2 nitrogen and oxygen atoms in total. The van der Waals surface area contributed by atoms with E-state index in [4.69, 9.17) is 8.42 Å². The van der Waals surface area contributed by atoms with E-state index in [2.05, 4.69) is 20.8 Å². The van der Waals surface area contributed by atoms with Gasteiger partial charge in [0.25, 0.3) is 0 Å². The van der Waals surface area contributed by atoms with Crippen LogP contribution in [0.3, 0.4) is 0 Å². The number of hydrogen-bond donors (Lipinski definition) is 0. The fourth-order valence-electron chi connectivity index (χ4n) is 1.91. The minimum Gasteiger partial charge on any atom is -0.424 e. The maximum Gasteiger partial charge on any atom is 0.249 e. The van der Waals surface area contributed by atoms with Crippen LogP contribution in [0.1, 0.15) is 88.3 Å². The van der Waals surface area contributed by atoms with E-state index >= 15 is 0 Å². The Hall–Kier alpha value is -3.03. The second kappa shape index (κ2) is 46.8. The molecule has 0 atom stereocenters. The zero-order valence-corrected chi connectivity index (χ0v) is 30.7. The van der Waals surface area contributed by atoms with Gasteiger partial charge in [-0.3, -0.25) is 8.78 Å². The molecule has 0 heterocycles. The van der Waals surface area contributed by atoms with E-state index in [1.165, 1.54) is 12.8 Å². The molecule has 248 valence electrons. The Labute approximate surface area is 246 Å². The Morgan fingerprint density at radius 1 is 0.610 bits per heavy atom. The number of halogens is 6. The molecule has 0 amide bonds. The van der Waals surface area contributed by atoms with Gasteiger partial charge in [0, 0.05) is 12.8 Å². The number of benzene rings is 2. The zero-order chi connectivity index (χ0) is 29.6. The Morgan fingerprint density at radius 3 is 0.902 bits per heavy atom. The van der Waals surface area contributed by atoms with Crippen LogP contribution in [0, 0.1) is 6.92 Å². The van der Waals surface area contributed by atoms with Crippen molar-refractivity contribution >= 4 is 10.7 Å². The van der Waals surface area contributed by atoms with Gasteiger partial charge in [-0.15, -0.1) is 0 Å². The van der Waals surface area contributed by atoms with Crippen LogP contribution >= 0.6 is 0 Å². The van der Waals surface area contributed by atoms with E-state index < -0.39 is 22.5 Å². The van der Waals surface area contributed by atoms with Crippen molar-refractivity contribution in [3.8, 4) is 0 Å². The summed E-state index contributed by atoms with van der Waals surface area (Å²) in [5, 5.41) is 0. The quantitative estimate of drug-likeness (QED) is 0.170. The largest absolute Gasteiger partial charge is 0.424 e. The van der Waals surface area contributed by atoms with Crippen LogP contribution < -0.4 is 0 Å². The third-order valence-electron chi connectivity index (χ3n) is 3.21. The predicted molar refractivity (Wildman–Crippen MR) is 169 cm³/mol. The van der Waals surface area contributed by atoms with E-state index in [0.29, 0.717) is 25.5 Å². The molecule has 0 aliphatic heterocycles. The first-order valence-corrected chi connectivity index (χ1v) is 12.6. The van der Waals surface area contributed by atoms with Gasteiger partial charge in [0.15, 0.2) is 0 Å². The third-order valence-corrected chi connectivity index (χ3v) is 3.21. The first-order chi connectivity index (χ1) is 16.8. The fraction of sp³-hybridized carbons (Fsp3) is 0.581. The van der Waals surface area contributed by atoms with E-state index in [0.717, 1.165) is 20.1 Å². The second-order valence-corrected chi connectivity index (χ2v) is 7.67. The van der Waals surface area contributed by atoms with Gasteiger partial charge in [-0.25, -0.2) is 17.6 Å². The molecule has 0 aliphatic rings. The van der Waals surface area contributed by atoms with Crippen molar-refractivity contribution in [1.29, 1.82) is 0 Å². The van der Waals surface area contributed by atoms with Gasteiger partial charge in [-0.1, -0.05) is 134 Å². The fourth-order valence-corrected chi connectivity index (χ4v) is 1.91. The number of alkyl halides is 6. The van der Waals surface area contributed by atoms with Gasteiger partial charge in [0.1, 0.15) is 0 Å². The molecule has 0 unspecified atom stereocenters. The van der Waals surface area contributed by atoms with Crippen molar-refractivity contribution in [3.63, 3.8) is 0 Å². The molecule has 2 rings (SSSR count). The molecule has 0 aliphatic carbocycles. The van der Waals surface area contributed by atoms with E-state index in [9.17, 15) is 26.3 Å². The average molecular weight is 878 g/mol. The van der Waals surface area contributed by atoms with Crippen molar-refractivity contribution in [2.45, 2.75) is 102 Å². The van der Waals surface area contributed by atoms with Crippen molar-refractivity contribution in [2.75, 3.05) is 20.6 Å². The van der Waals surface area contributed by atoms with Crippen molar-refractivity contribution < 1.29 is 34.8 Å². The molecule has 0 saturated carbocycles. The molecule has 2 aromatic rings. The van der Waals surface area contributed by atoms with Crippen molar-refractivity contribution in [3.05, 3.63) is 78.7 Å². The molecule has 0 saturated heterocycles. The molecule has 0 spiro atoms. The molecule has 0 N–H and O–H groups in total. The number of rotatable bonds is 5. The summed E-state index contributed by atoms with van der Waals surface area (Å²) in [6, 6.07) is 17.5. The Morgan fingerprint density at radius 2 is 0.780 bits per heavy atom. The molecular weight excluding hydrogens is 817 g/mol. The van der Waals surface area contributed by atoms with Gasteiger partial charge < -0.3 is 15.3 Å². The molecule has 41 heavy (non-hydrogen) atoms. The Bertz CT molecular complexity index is 661. The summed E-state index contributed by atoms with van der Waals surface area (Å²) in [6.07, 6.45) is 3.38. The van der Waals surface area contributed by atoms with Crippen LogP contribution in [0.2, 0.25) is 0 Å². The van der Waals surface area contributed by atoms with Crippen molar-refractivity contribution in [2.24, 2.45) is 0 Å². The first kappa shape index (κ1) is 66.3. The minimum absolute atomic E-state index is 0. The third kappa shape index (κ3) is 78.7. The standard InChI is InChI=1S/2C9H10F2.C4H10.C2H5.2CH3F.CH3O2S.4CH4.Rf/c2*1-9(10,11)7-8-5-3-2-4-6-8;1-3-4-2;3*1-2;1-4(2)3;;;;;/h2*2-6H,7H2,1H3;3-4H2,1-2H3;1H2,2H3;2*1H3;1H3;4*1H4;/q;;;-1;;;-1;;;;;. The maximum atomic E-state index is 12.4. The summed E-state index contributed by atoms with van der Waals surface area (Å²) < 4.78 is 86.6. The SMILES string of the molecule is C.C.C.C.CC(F)(F)Cc1ccccc1.CC(F)(F)Cc1ccccc1.CCCC.CF.CF.C[S-](=O)=O.[CH2-]C.[Rf]. The van der Waals surface area contributed by atoms with Crippen LogP contribution in [0.15, 0.2) is 60.7 Å². The Balaban J connectivity index is -0.0000000377.